The Hall–Kier alpha value is -2.53. The topological polar surface area (TPSA) is 78.6 Å². The Morgan fingerprint density at radius 3 is 2.61 bits per heavy atom. The SMILES string of the molecule is Nc1cccc(C(=O)Nc2ccccc2N2CCC(O)CC2)c1. The van der Waals surface area contributed by atoms with Gasteiger partial charge in [0, 0.05) is 24.3 Å². The van der Waals surface area contributed by atoms with E-state index in [9.17, 15) is 9.90 Å². The van der Waals surface area contributed by atoms with Crippen molar-refractivity contribution in [3.8, 4) is 0 Å². The molecule has 1 heterocycles. The lowest BCUT2D eigenvalue weighted by atomic mass is 10.1. The van der Waals surface area contributed by atoms with Gasteiger partial charge >= 0.3 is 0 Å². The lowest BCUT2D eigenvalue weighted by molar-refractivity contribution is 0.102. The van der Waals surface area contributed by atoms with Gasteiger partial charge in [-0.2, -0.15) is 0 Å². The van der Waals surface area contributed by atoms with E-state index in [1.807, 2.05) is 24.3 Å². The first-order chi connectivity index (χ1) is 11.1. The molecule has 0 radical (unpaired) electrons. The van der Waals surface area contributed by atoms with Crippen molar-refractivity contribution in [2.75, 3.05) is 29.0 Å². The lowest BCUT2D eigenvalue weighted by Gasteiger charge is -2.32. The van der Waals surface area contributed by atoms with Crippen molar-refractivity contribution in [3.63, 3.8) is 0 Å². The highest BCUT2D eigenvalue weighted by Crippen LogP contribution is 2.28. The van der Waals surface area contributed by atoms with E-state index in [-0.39, 0.29) is 12.0 Å². The molecule has 1 amide bonds. The second-order valence-corrected chi connectivity index (χ2v) is 5.81. The quantitative estimate of drug-likeness (QED) is 0.761. The maximum Gasteiger partial charge on any atom is 0.255 e. The number of hydrogen-bond donors (Lipinski definition) is 3. The van der Waals surface area contributed by atoms with Crippen LogP contribution in [0.5, 0.6) is 0 Å². The summed E-state index contributed by atoms with van der Waals surface area (Å²) in [6, 6.07) is 14.7. The molecule has 1 fully saturated rings. The first-order valence-electron chi connectivity index (χ1n) is 7.82. The van der Waals surface area contributed by atoms with E-state index in [4.69, 9.17) is 5.73 Å². The van der Waals surface area contributed by atoms with E-state index in [0.717, 1.165) is 37.3 Å². The monoisotopic (exact) mass is 311 g/mol. The Balaban J connectivity index is 1.79. The van der Waals surface area contributed by atoms with E-state index in [1.165, 1.54) is 0 Å². The van der Waals surface area contributed by atoms with Gasteiger partial charge in [-0.1, -0.05) is 18.2 Å². The third kappa shape index (κ3) is 3.63. The maximum absolute atomic E-state index is 12.4. The third-order valence-electron chi connectivity index (χ3n) is 4.11. The Bertz CT molecular complexity index is 694. The molecule has 3 rings (SSSR count). The molecule has 0 saturated carbocycles. The number of piperidine rings is 1. The Morgan fingerprint density at radius 1 is 1.13 bits per heavy atom. The van der Waals surface area contributed by atoms with Gasteiger partial charge in [0.2, 0.25) is 0 Å². The largest absolute Gasteiger partial charge is 0.399 e. The number of amides is 1. The van der Waals surface area contributed by atoms with E-state index in [2.05, 4.69) is 10.2 Å². The number of carbonyl (C=O) groups is 1. The van der Waals surface area contributed by atoms with Gasteiger partial charge in [0.05, 0.1) is 17.5 Å². The average molecular weight is 311 g/mol. The number of para-hydroxylation sites is 2. The summed E-state index contributed by atoms with van der Waals surface area (Å²) in [7, 11) is 0. The summed E-state index contributed by atoms with van der Waals surface area (Å²) in [6.07, 6.45) is 1.27. The predicted molar refractivity (Wildman–Crippen MR) is 92.7 cm³/mol. The van der Waals surface area contributed by atoms with Crippen molar-refractivity contribution >= 4 is 23.0 Å². The number of nitrogens with one attached hydrogen (secondary N) is 1. The number of benzene rings is 2. The van der Waals surface area contributed by atoms with Crippen molar-refractivity contribution in [3.05, 3.63) is 54.1 Å². The molecular weight excluding hydrogens is 290 g/mol. The Kier molecular flexibility index (Phi) is 4.48. The summed E-state index contributed by atoms with van der Waals surface area (Å²) in [5.41, 5.74) is 8.60. The van der Waals surface area contributed by atoms with Crippen LogP contribution in [0, 0.1) is 0 Å². The lowest BCUT2D eigenvalue weighted by Crippen LogP contribution is -2.36. The van der Waals surface area contributed by atoms with Gasteiger partial charge in [0.15, 0.2) is 0 Å². The summed E-state index contributed by atoms with van der Waals surface area (Å²) >= 11 is 0. The minimum absolute atomic E-state index is 0.179. The highest BCUT2D eigenvalue weighted by atomic mass is 16.3. The van der Waals surface area contributed by atoms with Crippen molar-refractivity contribution in [2.45, 2.75) is 18.9 Å². The highest BCUT2D eigenvalue weighted by molar-refractivity contribution is 6.06. The van der Waals surface area contributed by atoms with Gasteiger partial charge in [0.25, 0.3) is 5.91 Å². The molecule has 0 aromatic heterocycles. The Morgan fingerprint density at radius 2 is 1.87 bits per heavy atom. The summed E-state index contributed by atoms with van der Waals surface area (Å²) < 4.78 is 0. The van der Waals surface area contributed by atoms with E-state index >= 15 is 0 Å². The van der Waals surface area contributed by atoms with Crippen LogP contribution < -0.4 is 16.0 Å². The van der Waals surface area contributed by atoms with Crippen LogP contribution in [0.3, 0.4) is 0 Å². The van der Waals surface area contributed by atoms with Gasteiger partial charge in [-0.15, -0.1) is 0 Å². The summed E-state index contributed by atoms with van der Waals surface area (Å²) in [5.74, 6) is -0.179. The van der Waals surface area contributed by atoms with Crippen LogP contribution in [0.15, 0.2) is 48.5 Å². The fraction of sp³-hybridized carbons (Fsp3) is 0.278. The summed E-state index contributed by atoms with van der Waals surface area (Å²) in [5, 5.41) is 12.6. The molecule has 0 bridgehead atoms. The summed E-state index contributed by atoms with van der Waals surface area (Å²) in [4.78, 5) is 14.6. The van der Waals surface area contributed by atoms with Crippen LogP contribution in [0.4, 0.5) is 17.1 Å². The van der Waals surface area contributed by atoms with Crippen LogP contribution in [0.1, 0.15) is 23.2 Å². The fourth-order valence-electron chi connectivity index (χ4n) is 2.84. The van der Waals surface area contributed by atoms with Crippen molar-refractivity contribution in [1.82, 2.24) is 0 Å². The second kappa shape index (κ2) is 6.71. The van der Waals surface area contributed by atoms with Gasteiger partial charge in [-0.25, -0.2) is 0 Å². The molecule has 120 valence electrons. The van der Waals surface area contributed by atoms with Crippen LogP contribution in [0.2, 0.25) is 0 Å². The fourth-order valence-corrected chi connectivity index (χ4v) is 2.84. The van der Waals surface area contributed by atoms with Gasteiger partial charge in [0.1, 0.15) is 0 Å². The maximum atomic E-state index is 12.4. The number of nitrogen functional groups attached to an aromatic ring is 1. The molecule has 1 aliphatic heterocycles. The number of nitrogens with two attached hydrogens (primary N) is 1. The minimum Gasteiger partial charge on any atom is -0.399 e. The number of hydrogen-bond acceptors (Lipinski definition) is 4. The molecule has 2 aromatic rings. The number of aliphatic hydroxyl groups excluding tert-OH is 1. The highest BCUT2D eigenvalue weighted by Gasteiger charge is 2.20. The van der Waals surface area contributed by atoms with Crippen LogP contribution >= 0.6 is 0 Å². The number of rotatable bonds is 3. The molecule has 1 aliphatic rings. The molecule has 0 aliphatic carbocycles. The molecular formula is C18H21N3O2. The average Bonchev–Trinajstić information content (AvgIpc) is 2.56. The Labute approximate surface area is 135 Å². The van der Waals surface area contributed by atoms with Gasteiger partial charge < -0.3 is 21.1 Å². The molecule has 2 aromatic carbocycles. The molecule has 0 spiro atoms. The molecule has 4 N–H and O–H groups in total. The van der Waals surface area contributed by atoms with Crippen LogP contribution in [-0.4, -0.2) is 30.2 Å². The molecule has 0 unspecified atom stereocenters. The predicted octanol–water partition coefficient (Wildman–Crippen LogP) is 2.48. The third-order valence-corrected chi connectivity index (χ3v) is 4.11. The van der Waals surface area contributed by atoms with Gasteiger partial charge in [-0.3, -0.25) is 4.79 Å². The zero-order valence-electron chi connectivity index (χ0n) is 12.9. The van der Waals surface area contributed by atoms with Crippen molar-refractivity contribution < 1.29 is 9.90 Å². The van der Waals surface area contributed by atoms with E-state index in [0.29, 0.717) is 11.3 Å². The number of aliphatic hydroxyl groups is 1. The molecule has 23 heavy (non-hydrogen) atoms. The van der Waals surface area contributed by atoms with Crippen LogP contribution in [-0.2, 0) is 0 Å². The van der Waals surface area contributed by atoms with E-state index in [1.54, 1.807) is 24.3 Å². The molecule has 0 atom stereocenters. The number of carbonyl (C=O) groups excluding carboxylic acids is 1. The normalized spacial score (nSPS) is 15.4. The molecule has 5 nitrogen and oxygen atoms in total. The number of anilines is 3. The molecule has 1 saturated heterocycles. The van der Waals surface area contributed by atoms with Crippen LogP contribution in [0.25, 0.3) is 0 Å². The van der Waals surface area contributed by atoms with Crippen molar-refractivity contribution in [2.24, 2.45) is 0 Å². The standard InChI is InChI=1S/C18H21N3O2/c19-14-5-3-4-13(12-14)18(23)20-16-6-1-2-7-17(16)21-10-8-15(22)9-11-21/h1-7,12,15,22H,8-11,19H2,(H,20,23). The number of nitrogens with zero attached hydrogens (tertiary/aromatic N) is 1. The zero-order chi connectivity index (χ0) is 16.2. The second-order valence-electron chi connectivity index (χ2n) is 5.81. The summed E-state index contributed by atoms with van der Waals surface area (Å²) in [6.45, 7) is 1.57. The van der Waals surface area contributed by atoms with Crippen molar-refractivity contribution in [1.29, 1.82) is 0 Å². The smallest absolute Gasteiger partial charge is 0.255 e. The molecule has 5 heteroatoms. The van der Waals surface area contributed by atoms with Gasteiger partial charge in [-0.05, 0) is 43.2 Å². The first kappa shape index (κ1) is 15.4. The zero-order valence-corrected chi connectivity index (χ0v) is 12.9. The van der Waals surface area contributed by atoms with E-state index < -0.39 is 0 Å². The minimum atomic E-state index is -0.222. The first-order valence-corrected chi connectivity index (χ1v) is 7.82.